The normalized spacial score (nSPS) is 15.1. The number of nitrogens with zero attached hydrogens (tertiary/aromatic N) is 4. The van der Waals surface area contributed by atoms with Gasteiger partial charge in [0.05, 0.1) is 18.4 Å². The number of aryl methyl sites for hydroxylation is 2. The van der Waals surface area contributed by atoms with Gasteiger partial charge in [-0.05, 0) is 36.1 Å². The van der Waals surface area contributed by atoms with E-state index in [4.69, 9.17) is 5.73 Å². The summed E-state index contributed by atoms with van der Waals surface area (Å²) in [6.45, 7) is 1.57. The molecule has 0 saturated carbocycles. The Hall–Kier alpha value is -4.05. The first-order chi connectivity index (χ1) is 17.4. The Morgan fingerprint density at radius 2 is 1.94 bits per heavy atom. The average molecular weight is 491 g/mol. The highest BCUT2D eigenvalue weighted by atomic mass is 19.1. The van der Waals surface area contributed by atoms with Crippen molar-refractivity contribution in [2.75, 3.05) is 24.5 Å². The lowest BCUT2D eigenvalue weighted by Crippen LogP contribution is -2.35. The first-order valence-electron chi connectivity index (χ1n) is 11.8. The van der Waals surface area contributed by atoms with Gasteiger partial charge in [-0.25, -0.2) is 13.8 Å². The Balaban J connectivity index is 1.67. The summed E-state index contributed by atoms with van der Waals surface area (Å²) in [6.07, 6.45) is 5.94. The number of anilines is 2. The highest BCUT2D eigenvalue weighted by Gasteiger charge is 2.31. The van der Waals surface area contributed by atoms with E-state index in [2.05, 4.69) is 9.97 Å². The quantitative estimate of drug-likeness (QED) is 0.460. The Labute approximate surface area is 205 Å². The Morgan fingerprint density at radius 1 is 1.11 bits per heavy atom. The fraction of sp³-hybridized carbons (Fsp3) is 0.269. The second kappa shape index (κ2) is 8.27. The zero-order valence-electron chi connectivity index (χ0n) is 19.6. The molecule has 0 saturated heterocycles. The van der Waals surface area contributed by atoms with Gasteiger partial charge < -0.3 is 25.1 Å². The van der Waals surface area contributed by atoms with Crippen LogP contribution in [0.15, 0.2) is 41.6 Å². The number of halogens is 2. The van der Waals surface area contributed by atoms with Crippen molar-refractivity contribution in [2.45, 2.75) is 19.4 Å². The van der Waals surface area contributed by atoms with Crippen molar-refractivity contribution < 1.29 is 13.6 Å². The maximum Gasteiger partial charge on any atom is 0.274 e. The molecule has 2 aliphatic heterocycles. The van der Waals surface area contributed by atoms with E-state index in [1.165, 1.54) is 4.57 Å². The van der Waals surface area contributed by atoms with E-state index < -0.39 is 11.6 Å². The lowest BCUT2D eigenvalue weighted by atomic mass is 9.94. The van der Waals surface area contributed by atoms with E-state index in [1.807, 2.05) is 6.07 Å². The molecule has 1 aromatic carbocycles. The molecule has 0 fully saturated rings. The number of hydrogen-bond donors (Lipinski definition) is 2. The minimum atomic E-state index is -0.820. The third kappa shape index (κ3) is 3.32. The third-order valence-corrected chi connectivity index (χ3v) is 7.05. The van der Waals surface area contributed by atoms with Crippen LogP contribution < -0.4 is 16.2 Å². The number of amides is 1. The number of aromatic amines is 1. The lowest BCUT2D eigenvalue weighted by Gasteiger charge is -2.27. The number of fused-ring (bicyclic) bond motifs is 3. The fourth-order valence-electron chi connectivity index (χ4n) is 5.39. The van der Waals surface area contributed by atoms with Crippen LogP contribution in [0, 0.1) is 11.6 Å². The van der Waals surface area contributed by atoms with Crippen molar-refractivity contribution >= 4 is 28.3 Å². The Kier molecular flexibility index (Phi) is 5.15. The molecule has 8 nitrogen and oxygen atoms in total. The number of carbonyl (C=O) groups is 1. The smallest absolute Gasteiger partial charge is 0.274 e. The van der Waals surface area contributed by atoms with Crippen LogP contribution in [0.25, 0.3) is 22.0 Å². The number of nitrogens with one attached hydrogen (secondary N) is 1. The summed E-state index contributed by atoms with van der Waals surface area (Å²) < 4.78 is 30.3. The Morgan fingerprint density at radius 3 is 2.72 bits per heavy atom. The molecular weight excluding hydrogens is 466 g/mol. The van der Waals surface area contributed by atoms with Gasteiger partial charge in [0.15, 0.2) is 11.6 Å². The molecule has 10 heteroatoms. The fourth-order valence-corrected chi connectivity index (χ4v) is 5.39. The molecule has 0 aliphatic carbocycles. The van der Waals surface area contributed by atoms with E-state index in [-0.39, 0.29) is 23.8 Å². The molecule has 0 spiro atoms. The van der Waals surface area contributed by atoms with Crippen molar-refractivity contribution in [1.29, 1.82) is 0 Å². The molecule has 3 N–H and O–H groups in total. The third-order valence-electron chi connectivity index (χ3n) is 7.05. The molecule has 36 heavy (non-hydrogen) atoms. The van der Waals surface area contributed by atoms with E-state index in [0.29, 0.717) is 42.8 Å². The number of benzene rings is 1. The number of pyridine rings is 2. The summed E-state index contributed by atoms with van der Waals surface area (Å²) in [7, 11) is 1.68. The zero-order valence-corrected chi connectivity index (χ0v) is 19.6. The summed E-state index contributed by atoms with van der Waals surface area (Å²) in [5, 5.41) is 0.744. The summed E-state index contributed by atoms with van der Waals surface area (Å²) in [4.78, 5) is 36.9. The van der Waals surface area contributed by atoms with E-state index in [9.17, 15) is 14.0 Å². The van der Waals surface area contributed by atoms with E-state index >= 15 is 4.39 Å². The number of rotatable bonds is 3. The largest absolute Gasteiger partial charge is 0.356 e. The molecule has 0 bridgehead atoms. The van der Waals surface area contributed by atoms with Gasteiger partial charge in [0.25, 0.3) is 11.5 Å². The van der Waals surface area contributed by atoms with Gasteiger partial charge in [-0.2, -0.15) is 0 Å². The van der Waals surface area contributed by atoms with Crippen LogP contribution in [0.3, 0.4) is 0 Å². The second-order valence-corrected chi connectivity index (χ2v) is 9.28. The van der Waals surface area contributed by atoms with E-state index in [1.54, 1.807) is 35.3 Å². The molecule has 184 valence electrons. The Bertz CT molecular complexity index is 1610. The molecule has 3 aromatic heterocycles. The van der Waals surface area contributed by atoms with Crippen molar-refractivity contribution in [3.8, 4) is 11.1 Å². The minimum Gasteiger partial charge on any atom is -0.356 e. The highest BCUT2D eigenvalue weighted by Crippen LogP contribution is 2.45. The number of aromatic nitrogens is 3. The van der Waals surface area contributed by atoms with Crippen LogP contribution in [0.1, 0.15) is 27.9 Å². The number of nitrogens with two attached hydrogens (primary N) is 1. The first kappa shape index (κ1) is 22.4. The molecule has 0 radical (unpaired) electrons. The van der Waals surface area contributed by atoms with Crippen molar-refractivity contribution in [1.82, 2.24) is 19.4 Å². The summed E-state index contributed by atoms with van der Waals surface area (Å²) in [6, 6.07) is 4.53. The lowest BCUT2D eigenvalue weighted by molar-refractivity contribution is 0.0766. The summed E-state index contributed by atoms with van der Waals surface area (Å²) >= 11 is 0. The van der Waals surface area contributed by atoms with Crippen LogP contribution in [0.5, 0.6) is 0 Å². The zero-order chi connectivity index (χ0) is 25.1. The molecule has 2 aliphatic rings. The highest BCUT2D eigenvalue weighted by molar-refractivity contribution is 6.05. The molecule has 1 amide bonds. The molecule has 4 aromatic rings. The van der Waals surface area contributed by atoms with Crippen LogP contribution in [0.4, 0.5) is 20.3 Å². The number of H-pyrrole nitrogens is 1. The molecular formula is C26H24F2N6O2. The first-order valence-corrected chi connectivity index (χ1v) is 11.8. The number of carbonyl (C=O) groups excluding carboxylic acids is 1. The van der Waals surface area contributed by atoms with E-state index in [0.717, 1.165) is 46.3 Å². The molecule has 0 atom stereocenters. The summed E-state index contributed by atoms with van der Waals surface area (Å²) in [5.74, 6) is -1.79. The second-order valence-electron chi connectivity index (χ2n) is 9.28. The number of hydrogen-bond acceptors (Lipinski definition) is 5. The van der Waals surface area contributed by atoms with Gasteiger partial charge in [0, 0.05) is 67.2 Å². The maximum absolute atomic E-state index is 15.1. The van der Waals surface area contributed by atoms with Gasteiger partial charge in [-0.3, -0.25) is 9.59 Å². The van der Waals surface area contributed by atoms with Crippen LogP contribution in [0.2, 0.25) is 0 Å². The van der Waals surface area contributed by atoms with Crippen molar-refractivity contribution in [3.63, 3.8) is 0 Å². The standard InChI is InChI=1S/C26H24F2N6O2/c1-32-13-19-18-7-14-3-2-5-33(6-4-29)25(35)17(14)9-21(18)34(24-20(28)8-16(27)11-31-24)12-15-10-30-23(22(15)19)26(32)36/h7-11,13,30H,2-6,12,29H2,1H3. The topological polar surface area (TPSA) is 100 Å². The molecule has 5 heterocycles. The average Bonchev–Trinajstić information content (AvgIpc) is 3.15. The predicted molar refractivity (Wildman–Crippen MR) is 132 cm³/mol. The van der Waals surface area contributed by atoms with Gasteiger partial charge >= 0.3 is 0 Å². The van der Waals surface area contributed by atoms with Gasteiger partial charge in [-0.15, -0.1) is 0 Å². The predicted octanol–water partition coefficient (Wildman–Crippen LogP) is 3.21. The van der Waals surface area contributed by atoms with Gasteiger partial charge in [-0.1, -0.05) is 0 Å². The summed E-state index contributed by atoms with van der Waals surface area (Å²) in [5.41, 5.74) is 10.3. The van der Waals surface area contributed by atoms with Gasteiger partial charge in [0.2, 0.25) is 0 Å². The van der Waals surface area contributed by atoms with Crippen LogP contribution >= 0.6 is 0 Å². The van der Waals surface area contributed by atoms with Crippen LogP contribution in [-0.4, -0.2) is 45.0 Å². The molecule has 6 rings (SSSR count). The van der Waals surface area contributed by atoms with Gasteiger partial charge in [0.1, 0.15) is 11.3 Å². The monoisotopic (exact) mass is 490 g/mol. The SMILES string of the molecule is Cn1cc2c3c(c[nH]c3c1=O)CN(c1ncc(F)cc1F)c1cc3c(cc1-2)CCCN(CCN)C3=O. The minimum absolute atomic E-state index is 0.0636. The molecule has 0 unspecified atom stereocenters. The van der Waals surface area contributed by atoms with Crippen LogP contribution in [-0.2, 0) is 20.0 Å². The van der Waals surface area contributed by atoms with Crippen molar-refractivity contribution in [3.05, 3.63) is 75.5 Å². The maximum atomic E-state index is 15.1. The van der Waals surface area contributed by atoms with Crippen molar-refractivity contribution in [2.24, 2.45) is 12.8 Å².